The maximum Gasteiger partial charge on any atom is 0.237 e. The van der Waals surface area contributed by atoms with Gasteiger partial charge in [0.15, 0.2) is 0 Å². The molecule has 4 atom stereocenters. The standard InChI is InChI=1S/C13H24N2O.ClH/c1-8(2)12(14)13(16)15-7-11-6-9-3-4-10(11)5-9;/h8-12H,3-7,14H2,1-2H3,(H,15,16);1H/t9?,10?,11?,12-;/m1./s1. The SMILES string of the molecule is CC(C)[C@@H](N)C(=O)NCC1CC2CCC1C2.Cl. The zero-order chi connectivity index (χ0) is 11.7. The number of nitrogens with two attached hydrogens (primary N) is 1. The van der Waals surface area contributed by atoms with Crippen molar-refractivity contribution >= 4 is 18.3 Å². The third kappa shape index (κ3) is 3.35. The Morgan fingerprint density at radius 1 is 1.35 bits per heavy atom. The molecule has 3 unspecified atom stereocenters. The van der Waals surface area contributed by atoms with Crippen LogP contribution in [0.4, 0.5) is 0 Å². The van der Waals surface area contributed by atoms with E-state index < -0.39 is 0 Å². The predicted molar refractivity (Wildman–Crippen MR) is 72.0 cm³/mol. The summed E-state index contributed by atoms with van der Waals surface area (Å²) in [7, 11) is 0. The van der Waals surface area contributed by atoms with E-state index in [1.807, 2.05) is 13.8 Å². The first-order valence-electron chi connectivity index (χ1n) is 6.61. The Kier molecular flexibility index (Phi) is 5.26. The van der Waals surface area contributed by atoms with Crippen molar-refractivity contribution in [2.45, 2.75) is 45.6 Å². The highest BCUT2D eigenvalue weighted by Gasteiger charge is 2.39. The zero-order valence-corrected chi connectivity index (χ0v) is 11.6. The molecule has 0 radical (unpaired) electrons. The van der Waals surface area contributed by atoms with Crippen LogP contribution in [0.1, 0.15) is 39.5 Å². The molecule has 2 aliphatic rings. The molecule has 0 spiro atoms. The number of carbonyl (C=O) groups excluding carboxylic acids is 1. The lowest BCUT2D eigenvalue weighted by Gasteiger charge is -2.23. The van der Waals surface area contributed by atoms with Gasteiger partial charge in [-0.25, -0.2) is 0 Å². The molecule has 0 aliphatic heterocycles. The normalized spacial score (nSPS) is 32.4. The molecule has 100 valence electrons. The topological polar surface area (TPSA) is 55.1 Å². The molecule has 0 aromatic carbocycles. The average molecular weight is 261 g/mol. The third-order valence-electron chi connectivity index (χ3n) is 4.44. The lowest BCUT2D eigenvalue weighted by molar-refractivity contribution is -0.123. The summed E-state index contributed by atoms with van der Waals surface area (Å²) in [6, 6.07) is -0.349. The van der Waals surface area contributed by atoms with E-state index in [1.54, 1.807) is 0 Å². The monoisotopic (exact) mass is 260 g/mol. The molecule has 4 heteroatoms. The molecule has 3 nitrogen and oxygen atoms in total. The van der Waals surface area contributed by atoms with Crippen LogP contribution in [0.2, 0.25) is 0 Å². The summed E-state index contributed by atoms with van der Waals surface area (Å²) in [5, 5.41) is 3.03. The van der Waals surface area contributed by atoms with Crippen LogP contribution in [0.25, 0.3) is 0 Å². The van der Waals surface area contributed by atoms with Crippen molar-refractivity contribution in [2.24, 2.45) is 29.4 Å². The van der Waals surface area contributed by atoms with Gasteiger partial charge in [0.05, 0.1) is 6.04 Å². The molecule has 0 aromatic heterocycles. The first kappa shape index (κ1) is 14.8. The highest BCUT2D eigenvalue weighted by molar-refractivity contribution is 5.85. The van der Waals surface area contributed by atoms with Crippen LogP contribution in [0.5, 0.6) is 0 Å². The quantitative estimate of drug-likeness (QED) is 0.812. The summed E-state index contributed by atoms with van der Waals surface area (Å²) in [6.07, 6.45) is 5.51. The van der Waals surface area contributed by atoms with E-state index in [2.05, 4.69) is 5.32 Å². The molecule has 2 rings (SSSR count). The number of halogens is 1. The largest absolute Gasteiger partial charge is 0.354 e. The van der Waals surface area contributed by atoms with Crippen molar-refractivity contribution in [2.75, 3.05) is 6.54 Å². The second-order valence-corrected chi connectivity index (χ2v) is 5.95. The summed E-state index contributed by atoms with van der Waals surface area (Å²) >= 11 is 0. The van der Waals surface area contributed by atoms with Gasteiger partial charge in [0.2, 0.25) is 5.91 Å². The molecule has 1 amide bonds. The predicted octanol–water partition coefficient (Wildman–Crippen LogP) is 1.94. The van der Waals surface area contributed by atoms with E-state index in [0.717, 1.165) is 24.3 Å². The zero-order valence-electron chi connectivity index (χ0n) is 10.8. The van der Waals surface area contributed by atoms with Crippen molar-refractivity contribution in [1.82, 2.24) is 5.32 Å². The van der Waals surface area contributed by atoms with Crippen molar-refractivity contribution < 1.29 is 4.79 Å². The Balaban J connectivity index is 0.00000144. The Labute approximate surface area is 110 Å². The Morgan fingerprint density at radius 2 is 2.06 bits per heavy atom. The molecule has 0 heterocycles. The fourth-order valence-electron chi connectivity index (χ4n) is 3.28. The summed E-state index contributed by atoms with van der Waals surface area (Å²) in [5.74, 6) is 2.80. The van der Waals surface area contributed by atoms with Crippen LogP contribution in [0.3, 0.4) is 0 Å². The van der Waals surface area contributed by atoms with E-state index in [4.69, 9.17) is 5.73 Å². The van der Waals surface area contributed by atoms with E-state index in [1.165, 1.54) is 25.7 Å². The number of rotatable bonds is 4. The van der Waals surface area contributed by atoms with E-state index >= 15 is 0 Å². The molecule has 2 fully saturated rings. The van der Waals surface area contributed by atoms with E-state index in [9.17, 15) is 4.79 Å². The van der Waals surface area contributed by atoms with Crippen LogP contribution >= 0.6 is 12.4 Å². The number of nitrogens with one attached hydrogen (secondary N) is 1. The smallest absolute Gasteiger partial charge is 0.237 e. The van der Waals surface area contributed by atoms with Gasteiger partial charge in [0.25, 0.3) is 0 Å². The minimum absolute atomic E-state index is 0. The van der Waals surface area contributed by atoms with Gasteiger partial charge in [0.1, 0.15) is 0 Å². The average Bonchev–Trinajstić information content (AvgIpc) is 2.86. The van der Waals surface area contributed by atoms with Crippen LogP contribution in [0.15, 0.2) is 0 Å². The number of hydrogen-bond acceptors (Lipinski definition) is 2. The Morgan fingerprint density at radius 3 is 2.53 bits per heavy atom. The van der Waals surface area contributed by atoms with Crippen molar-refractivity contribution in [3.63, 3.8) is 0 Å². The number of hydrogen-bond donors (Lipinski definition) is 2. The maximum atomic E-state index is 11.7. The van der Waals surface area contributed by atoms with Gasteiger partial charge in [-0.2, -0.15) is 0 Å². The second kappa shape index (κ2) is 6.05. The van der Waals surface area contributed by atoms with Crippen molar-refractivity contribution in [1.29, 1.82) is 0 Å². The lowest BCUT2D eigenvalue weighted by atomic mass is 9.89. The van der Waals surface area contributed by atoms with Gasteiger partial charge < -0.3 is 11.1 Å². The summed E-state index contributed by atoms with van der Waals surface area (Å²) in [4.78, 5) is 11.7. The first-order chi connectivity index (χ1) is 7.58. The summed E-state index contributed by atoms with van der Waals surface area (Å²) in [6.45, 7) is 4.82. The molecule has 17 heavy (non-hydrogen) atoms. The molecular weight excluding hydrogens is 236 g/mol. The molecule has 3 N–H and O–H groups in total. The molecule has 2 bridgehead atoms. The van der Waals surface area contributed by atoms with Crippen molar-refractivity contribution in [3.8, 4) is 0 Å². The Hall–Kier alpha value is -0.280. The fourth-order valence-corrected chi connectivity index (χ4v) is 3.28. The third-order valence-corrected chi connectivity index (χ3v) is 4.44. The second-order valence-electron chi connectivity index (χ2n) is 5.95. The van der Waals surface area contributed by atoms with Gasteiger partial charge in [-0.3, -0.25) is 4.79 Å². The van der Waals surface area contributed by atoms with E-state index in [-0.39, 0.29) is 30.3 Å². The fraction of sp³-hybridized carbons (Fsp3) is 0.923. The molecule has 0 aromatic rings. The van der Waals surface area contributed by atoms with Crippen LogP contribution in [-0.2, 0) is 4.79 Å². The molecule has 2 saturated carbocycles. The molecular formula is C13H25ClN2O. The first-order valence-corrected chi connectivity index (χ1v) is 6.61. The minimum Gasteiger partial charge on any atom is -0.354 e. The van der Waals surface area contributed by atoms with Gasteiger partial charge in [0, 0.05) is 6.54 Å². The van der Waals surface area contributed by atoms with Crippen molar-refractivity contribution in [3.05, 3.63) is 0 Å². The van der Waals surface area contributed by atoms with Gasteiger partial charge >= 0.3 is 0 Å². The van der Waals surface area contributed by atoms with Gasteiger partial charge in [-0.05, 0) is 42.9 Å². The highest BCUT2D eigenvalue weighted by atomic mass is 35.5. The molecule has 2 aliphatic carbocycles. The van der Waals surface area contributed by atoms with Crippen LogP contribution < -0.4 is 11.1 Å². The number of amides is 1. The van der Waals surface area contributed by atoms with E-state index in [0.29, 0.717) is 0 Å². The van der Waals surface area contributed by atoms with Gasteiger partial charge in [-0.15, -0.1) is 12.4 Å². The summed E-state index contributed by atoms with van der Waals surface area (Å²) in [5.41, 5.74) is 5.81. The number of carbonyl (C=O) groups is 1. The minimum atomic E-state index is -0.349. The van der Waals surface area contributed by atoms with Crippen LogP contribution in [-0.4, -0.2) is 18.5 Å². The van der Waals surface area contributed by atoms with Crippen LogP contribution in [0, 0.1) is 23.7 Å². The lowest BCUT2D eigenvalue weighted by Crippen LogP contribution is -2.45. The number of fused-ring (bicyclic) bond motifs is 2. The highest BCUT2D eigenvalue weighted by Crippen LogP contribution is 2.47. The Bertz CT molecular complexity index is 270. The molecule has 0 saturated heterocycles. The maximum absolute atomic E-state index is 11.7. The summed E-state index contributed by atoms with van der Waals surface area (Å²) < 4.78 is 0. The van der Waals surface area contributed by atoms with Gasteiger partial charge in [-0.1, -0.05) is 20.3 Å².